The van der Waals surface area contributed by atoms with Crippen LogP contribution in [0.5, 0.6) is 0 Å². The van der Waals surface area contributed by atoms with Crippen LogP contribution in [0.4, 0.5) is 5.69 Å². The number of hydrogen-bond acceptors (Lipinski definition) is 4. The summed E-state index contributed by atoms with van der Waals surface area (Å²) < 4.78 is 5.55. The largest absolute Gasteiger partial charge is 0.381 e. The highest BCUT2D eigenvalue weighted by Gasteiger charge is 2.51. The number of hydrogen-bond donors (Lipinski definition) is 1. The van der Waals surface area contributed by atoms with Crippen molar-refractivity contribution in [2.75, 3.05) is 31.6 Å². The normalized spacial score (nSPS) is 21.3. The lowest BCUT2D eigenvalue weighted by Gasteiger charge is -2.37. The molecule has 2 amide bonds. The van der Waals surface area contributed by atoms with Crippen molar-refractivity contribution in [1.82, 2.24) is 4.90 Å². The van der Waals surface area contributed by atoms with Crippen LogP contribution in [0.15, 0.2) is 47.2 Å². The van der Waals surface area contributed by atoms with Gasteiger partial charge in [0.2, 0.25) is 11.8 Å². The molecule has 2 aliphatic heterocycles. The van der Waals surface area contributed by atoms with E-state index in [9.17, 15) is 9.59 Å². The molecule has 0 aliphatic carbocycles. The maximum Gasteiger partial charge on any atom is 0.229 e. The number of amides is 2. The highest BCUT2D eigenvalue weighted by atomic mass is 32.1. The van der Waals surface area contributed by atoms with E-state index in [2.05, 4.69) is 5.32 Å². The quantitative estimate of drug-likeness (QED) is 0.881. The second-order valence-electron chi connectivity index (χ2n) is 7.47. The minimum Gasteiger partial charge on any atom is -0.381 e. The monoisotopic (exact) mass is 384 g/mol. The highest BCUT2D eigenvalue weighted by Crippen LogP contribution is 2.45. The molecule has 2 aromatic rings. The predicted molar refractivity (Wildman–Crippen MR) is 106 cm³/mol. The summed E-state index contributed by atoms with van der Waals surface area (Å²) in [6.45, 7) is 2.44. The number of anilines is 1. The van der Waals surface area contributed by atoms with Gasteiger partial charge in [0.05, 0.1) is 12.3 Å². The Morgan fingerprint density at radius 2 is 1.96 bits per heavy atom. The van der Waals surface area contributed by atoms with E-state index >= 15 is 0 Å². The Bertz CT molecular complexity index is 785. The van der Waals surface area contributed by atoms with Crippen LogP contribution in [0.1, 0.15) is 18.4 Å². The summed E-state index contributed by atoms with van der Waals surface area (Å²) >= 11 is 1.60. The summed E-state index contributed by atoms with van der Waals surface area (Å²) in [5.41, 5.74) is 1.66. The lowest BCUT2D eigenvalue weighted by molar-refractivity contribution is -0.130. The zero-order valence-corrected chi connectivity index (χ0v) is 16.0. The number of nitrogens with one attached hydrogen (secondary N) is 1. The molecule has 6 heteroatoms. The number of likely N-dealkylation sites (tertiary alicyclic amines) is 1. The fraction of sp³-hybridized carbons (Fsp3) is 0.429. The second-order valence-corrected chi connectivity index (χ2v) is 8.25. The maximum absolute atomic E-state index is 13.1. The minimum atomic E-state index is -0.201. The Morgan fingerprint density at radius 1 is 1.19 bits per heavy atom. The number of nitrogens with zero attached hydrogens (tertiary/aromatic N) is 1. The average molecular weight is 385 g/mol. The Kier molecular flexibility index (Phi) is 5.27. The Morgan fingerprint density at radius 3 is 2.67 bits per heavy atom. The number of ether oxygens (including phenoxy) is 1. The highest BCUT2D eigenvalue weighted by molar-refractivity contribution is 7.08. The van der Waals surface area contributed by atoms with E-state index in [1.807, 2.05) is 52.1 Å². The first kappa shape index (κ1) is 18.2. The van der Waals surface area contributed by atoms with Gasteiger partial charge < -0.3 is 15.0 Å². The lowest BCUT2D eigenvalue weighted by Crippen LogP contribution is -2.42. The van der Waals surface area contributed by atoms with Crippen LogP contribution in [-0.2, 0) is 20.7 Å². The van der Waals surface area contributed by atoms with Gasteiger partial charge >= 0.3 is 0 Å². The number of benzene rings is 1. The van der Waals surface area contributed by atoms with Gasteiger partial charge in [-0.2, -0.15) is 11.3 Å². The minimum absolute atomic E-state index is 0.00827. The van der Waals surface area contributed by atoms with Crippen LogP contribution in [0.3, 0.4) is 0 Å². The zero-order chi connectivity index (χ0) is 18.7. The van der Waals surface area contributed by atoms with E-state index in [4.69, 9.17) is 4.74 Å². The fourth-order valence-corrected chi connectivity index (χ4v) is 4.90. The smallest absolute Gasteiger partial charge is 0.229 e. The molecule has 27 heavy (non-hydrogen) atoms. The van der Waals surface area contributed by atoms with E-state index in [-0.39, 0.29) is 23.1 Å². The maximum atomic E-state index is 13.1. The van der Waals surface area contributed by atoms with Crippen molar-refractivity contribution in [2.45, 2.75) is 19.3 Å². The molecular formula is C21H24N2O3S. The number of para-hydroxylation sites is 1. The molecule has 2 fully saturated rings. The van der Waals surface area contributed by atoms with E-state index in [1.54, 1.807) is 11.3 Å². The average Bonchev–Trinajstić information content (AvgIpc) is 3.31. The number of carbonyl (C=O) groups is 2. The second kappa shape index (κ2) is 7.82. The van der Waals surface area contributed by atoms with E-state index < -0.39 is 0 Å². The molecule has 0 saturated carbocycles. The molecule has 2 saturated heterocycles. The first-order chi connectivity index (χ1) is 13.2. The van der Waals surface area contributed by atoms with Gasteiger partial charge in [-0.3, -0.25) is 9.59 Å². The summed E-state index contributed by atoms with van der Waals surface area (Å²) in [7, 11) is 0. The number of thiophene rings is 1. The molecule has 2 aliphatic rings. The van der Waals surface area contributed by atoms with Crippen molar-refractivity contribution in [3.05, 3.63) is 52.7 Å². The Labute approximate surface area is 163 Å². The third-order valence-electron chi connectivity index (χ3n) is 5.78. The van der Waals surface area contributed by atoms with Crippen LogP contribution in [0.2, 0.25) is 0 Å². The third-order valence-corrected chi connectivity index (χ3v) is 6.51. The number of rotatable bonds is 4. The van der Waals surface area contributed by atoms with Crippen molar-refractivity contribution < 1.29 is 14.3 Å². The first-order valence-electron chi connectivity index (χ1n) is 9.39. The van der Waals surface area contributed by atoms with Crippen LogP contribution >= 0.6 is 11.3 Å². The third kappa shape index (κ3) is 3.92. The predicted octanol–water partition coefficient (Wildman–Crippen LogP) is 3.18. The molecule has 142 valence electrons. The molecule has 1 atom stereocenters. The molecule has 0 bridgehead atoms. The van der Waals surface area contributed by atoms with E-state index in [1.165, 1.54) is 0 Å². The standard InChI is InChI=1S/C21H24N2O3S/c24-19(12-16-6-11-27-14-16)23-13-18(21(15-23)7-9-26-10-8-21)20(25)22-17-4-2-1-3-5-17/h1-6,11,14,18H,7-10,12-13,15H2,(H,22,25). The van der Waals surface area contributed by atoms with Crippen molar-refractivity contribution >= 4 is 28.8 Å². The van der Waals surface area contributed by atoms with Crippen molar-refractivity contribution in [2.24, 2.45) is 11.3 Å². The molecule has 1 aromatic carbocycles. The fourth-order valence-electron chi connectivity index (χ4n) is 4.23. The molecule has 1 spiro atoms. The molecule has 3 heterocycles. The van der Waals surface area contributed by atoms with Gasteiger partial charge in [-0.15, -0.1) is 0 Å². The van der Waals surface area contributed by atoms with Crippen molar-refractivity contribution in [3.63, 3.8) is 0 Å². The SMILES string of the molecule is O=C(Nc1ccccc1)C1CN(C(=O)Cc2ccsc2)CC12CCOCC2. The summed E-state index contributed by atoms with van der Waals surface area (Å²) in [6, 6.07) is 11.5. The molecular weight excluding hydrogens is 360 g/mol. The summed E-state index contributed by atoms with van der Waals surface area (Å²) in [6.07, 6.45) is 2.05. The molecule has 1 aromatic heterocycles. The van der Waals surface area contributed by atoms with Crippen LogP contribution in [0.25, 0.3) is 0 Å². The Balaban J connectivity index is 1.51. The summed E-state index contributed by atoms with van der Waals surface area (Å²) in [4.78, 5) is 27.8. The topological polar surface area (TPSA) is 58.6 Å². The van der Waals surface area contributed by atoms with Crippen LogP contribution < -0.4 is 5.32 Å². The summed E-state index contributed by atoms with van der Waals surface area (Å²) in [5, 5.41) is 7.04. The van der Waals surface area contributed by atoms with Crippen LogP contribution in [0, 0.1) is 11.3 Å². The molecule has 0 radical (unpaired) electrons. The molecule has 4 rings (SSSR count). The molecule has 5 nitrogen and oxygen atoms in total. The van der Waals surface area contributed by atoms with E-state index in [0.717, 1.165) is 24.1 Å². The Hall–Kier alpha value is -2.18. The summed E-state index contributed by atoms with van der Waals surface area (Å²) in [5.74, 6) is -0.0868. The molecule has 1 unspecified atom stereocenters. The van der Waals surface area contributed by atoms with Gasteiger partial charge in [-0.1, -0.05) is 18.2 Å². The van der Waals surface area contributed by atoms with Gasteiger partial charge in [-0.25, -0.2) is 0 Å². The zero-order valence-electron chi connectivity index (χ0n) is 15.2. The van der Waals surface area contributed by atoms with Gasteiger partial charge in [0.1, 0.15) is 0 Å². The van der Waals surface area contributed by atoms with Gasteiger partial charge in [0.25, 0.3) is 0 Å². The first-order valence-corrected chi connectivity index (χ1v) is 10.3. The number of carbonyl (C=O) groups excluding carboxylic acids is 2. The van der Waals surface area contributed by atoms with E-state index in [0.29, 0.717) is 32.7 Å². The van der Waals surface area contributed by atoms with Gasteiger partial charge in [0, 0.05) is 37.4 Å². The lowest BCUT2D eigenvalue weighted by atomic mass is 9.71. The molecule has 1 N–H and O–H groups in total. The van der Waals surface area contributed by atoms with Crippen molar-refractivity contribution in [3.8, 4) is 0 Å². The van der Waals surface area contributed by atoms with Gasteiger partial charge in [-0.05, 0) is 47.4 Å². The van der Waals surface area contributed by atoms with Crippen molar-refractivity contribution in [1.29, 1.82) is 0 Å². The van der Waals surface area contributed by atoms with Crippen LogP contribution in [-0.4, -0.2) is 43.0 Å². The van der Waals surface area contributed by atoms with Gasteiger partial charge in [0.15, 0.2) is 0 Å².